The molecule has 1 atom stereocenters. The Morgan fingerprint density at radius 2 is 1.69 bits per heavy atom. The molecule has 0 heterocycles. The summed E-state index contributed by atoms with van der Waals surface area (Å²) in [7, 11) is 0. The summed E-state index contributed by atoms with van der Waals surface area (Å²) in [4.78, 5) is 12.4. The summed E-state index contributed by atoms with van der Waals surface area (Å²) in [5.74, 6) is 0. The van der Waals surface area contributed by atoms with Crippen LogP contribution in [0.2, 0.25) is 5.02 Å². The van der Waals surface area contributed by atoms with Crippen LogP contribution < -0.4 is 5.32 Å². The minimum Gasteiger partial charge on any atom is -0.445 e. The normalized spacial score (nSPS) is 11.6. The van der Waals surface area contributed by atoms with Gasteiger partial charge in [-0.3, -0.25) is 0 Å². The highest BCUT2D eigenvalue weighted by molar-refractivity contribution is 14.1. The molecule has 1 unspecified atom stereocenters. The van der Waals surface area contributed by atoms with E-state index in [4.69, 9.17) is 16.3 Å². The molecule has 1 N–H and O–H groups in total. The summed E-state index contributed by atoms with van der Waals surface area (Å²) in [6.45, 7) is 0.229. The number of benzene rings is 3. The molecular formula is C21H17ClINO2. The Hall–Kier alpha value is -2.05. The van der Waals surface area contributed by atoms with E-state index in [9.17, 15) is 4.79 Å². The maximum atomic E-state index is 12.4. The van der Waals surface area contributed by atoms with E-state index in [1.807, 2.05) is 78.9 Å². The van der Waals surface area contributed by atoms with Gasteiger partial charge in [-0.2, -0.15) is 0 Å². The molecule has 1 amide bonds. The van der Waals surface area contributed by atoms with Crippen molar-refractivity contribution in [3.8, 4) is 0 Å². The summed E-state index contributed by atoms with van der Waals surface area (Å²) < 4.78 is 6.47. The monoisotopic (exact) mass is 477 g/mol. The molecule has 0 bridgehead atoms. The van der Waals surface area contributed by atoms with Gasteiger partial charge in [-0.25, -0.2) is 4.79 Å². The molecule has 0 aliphatic carbocycles. The minimum atomic E-state index is -0.465. The van der Waals surface area contributed by atoms with E-state index in [0.717, 1.165) is 20.3 Å². The number of hydrogen-bond donors (Lipinski definition) is 1. The van der Waals surface area contributed by atoms with Gasteiger partial charge in [0.2, 0.25) is 0 Å². The lowest BCUT2D eigenvalue weighted by Gasteiger charge is -2.20. The van der Waals surface area contributed by atoms with Gasteiger partial charge in [0.15, 0.2) is 0 Å². The molecule has 0 saturated heterocycles. The third kappa shape index (κ3) is 5.22. The Bertz CT molecular complexity index is 869. The minimum absolute atomic E-state index is 0.229. The lowest BCUT2D eigenvalue weighted by molar-refractivity contribution is 0.137. The van der Waals surface area contributed by atoms with E-state index >= 15 is 0 Å². The number of nitrogens with one attached hydrogen (secondary N) is 1. The molecule has 3 aromatic carbocycles. The summed E-state index contributed by atoms with van der Waals surface area (Å²) in [6, 6.07) is 24.7. The second-order valence-electron chi connectivity index (χ2n) is 5.75. The fourth-order valence-electron chi connectivity index (χ4n) is 2.58. The van der Waals surface area contributed by atoms with Gasteiger partial charge in [0.25, 0.3) is 0 Å². The molecule has 0 spiro atoms. The summed E-state index contributed by atoms with van der Waals surface area (Å²) >= 11 is 8.25. The van der Waals surface area contributed by atoms with Crippen LogP contribution in [0.1, 0.15) is 22.7 Å². The molecule has 132 valence electrons. The zero-order valence-electron chi connectivity index (χ0n) is 13.9. The van der Waals surface area contributed by atoms with Gasteiger partial charge in [0.1, 0.15) is 6.61 Å². The molecule has 26 heavy (non-hydrogen) atoms. The largest absolute Gasteiger partial charge is 0.445 e. The fraction of sp³-hybridized carbons (Fsp3) is 0.0952. The summed E-state index contributed by atoms with van der Waals surface area (Å²) in [6.07, 6.45) is -0.465. The van der Waals surface area contributed by atoms with Crippen molar-refractivity contribution in [1.82, 2.24) is 5.32 Å². The van der Waals surface area contributed by atoms with Gasteiger partial charge in [0, 0.05) is 8.59 Å². The average molecular weight is 478 g/mol. The average Bonchev–Trinajstić information content (AvgIpc) is 2.66. The molecule has 3 aromatic rings. The lowest BCUT2D eigenvalue weighted by atomic mass is 9.99. The number of carbonyl (C=O) groups excluding carboxylic acids is 1. The summed E-state index contributed by atoms with van der Waals surface area (Å²) in [5, 5.41) is 3.61. The Morgan fingerprint density at radius 1 is 0.962 bits per heavy atom. The highest BCUT2D eigenvalue weighted by Crippen LogP contribution is 2.25. The first kappa shape index (κ1) is 18.7. The second kappa shape index (κ2) is 9.05. The molecule has 0 fully saturated rings. The van der Waals surface area contributed by atoms with E-state index in [-0.39, 0.29) is 12.6 Å². The van der Waals surface area contributed by atoms with Crippen LogP contribution in [0, 0.1) is 3.57 Å². The molecule has 0 aliphatic rings. The van der Waals surface area contributed by atoms with Gasteiger partial charge in [0.05, 0.1) is 6.04 Å². The maximum Gasteiger partial charge on any atom is 0.408 e. The number of ether oxygens (including phenoxy) is 1. The quantitative estimate of drug-likeness (QED) is 0.461. The first-order chi connectivity index (χ1) is 12.6. The van der Waals surface area contributed by atoms with E-state index in [1.165, 1.54) is 0 Å². The number of carbonyl (C=O) groups is 1. The number of alkyl carbamates (subject to hydrolysis) is 1. The Labute approximate surface area is 171 Å². The van der Waals surface area contributed by atoms with Gasteiger partial charge in [-0.05, 0) is 63.5 Å². The predicted octanol–water partition coefficient (Wildman–Crippen LogP) is 5.96. The van der Waals surface area contributed by atoms with E-state index in [2.05, 4.69) is 27.9 Å². The number of amides is 1. The van der Waals surface area contributed by atoms with Crippen LogP contribution in [0.3, 0.4) is 0 Å². The van der Waals surface area contributed by atoms with Crippen molar-refractivity contribution in [3.63, 3.8) is 0 Å². The van der Waals surface area contributed by atoms with Gasteiger partial charge in [-0.15, -0.1) is 0 Å². The second-order valence-corrected chi connectivity index (χ2v) is 7.43. The Balaban J connectivity index is 1.77. The van der Waals surface area contributed by atoms with Crippen molar-refractivity contribution < 1.29 is 9.53 Å². The van der Waals surface area contributed by atoms with Crippen molar-refractivity contribution in [2.75, 3.05) is 0 Å². The van der Waals surface area contributed by atoms with Crippen LogP contribution in [0.5, 0.6) is 0 Å². The first-order valence-electron chi connectivity index (χ1n) is 8.10. The number of halogens is 2. The van der Waals surface area contributed by atoms with Crippen molar-refractivity contribution in [2.24, 2.45) is 0 Å². The smallest absolute Gasteiger partial charge is 0.408 e. The maximum absolute atomic E-state index is 12.4. The van der Waals surface area contributed by atoms with Crippen LogP contribution >= 0.6 is 34.2 Å². The molecule has 0 saturated carbocycles. The topological polar surface area (TPSA) is 38.3 Å². The lowest BCUT2D eigenvalue weighted by Crippen LogP contribution is -2.29. The van der Waals surface area contributed by atoms with Crippen LogP contribution in [0.4, 0.5) is 4.79 Å². The SMILES string of the molecule is O=C(NC(c1ccc(Cl)cc1)c1cccc(I)c1)OCc1ccccc1. The molecule has 3 rings (SSSR count). The molecule has 0 aromatic heterocycles. The van der Waals surface area contributed by atoms with Crippen molar-refractivity contribution in [1.29, 1.82) is 0 Å². The van der Waals surface area contributed by atoms with Crippen molar-refractivity contribution >= 4 is 40.3 Å². The zero-order chi connectivity index (χ0) is 18.4. The fourth-order valence-corrected chi connectivity index (χ4v) is 3.28. The molecule has 5 heteroatoms. The van der Waals surface area contributed by atoms with E-state index in [1.54, 1.807) is 0 Å². The molecular weight excluding hydrogens is 461 g/mol. The van der Waals surface area contributed by atoms with Crippen LogP contribution in [-0.2, 0) is 11.3 Å². The third-order valence-electron chi connectivity index (χ3n) is 3.86. The predicted molar refractivity (Wildman–Crippen MR) is 112 cm³/mol. The van der Waals surface area contributed by atoms with Crippen LogP contribution in [0.15, 0.2) is 78.9 Å². The highest BCUT2D eigenvalue weighted by Gasteiger charge is 2.18. The van der Waals surface area contributed by atoms with Crippen molar-refractivity contribution in [3.05, 3.63) is 104 Å². The zero-order valence-corrected chi connectivity index (χ0v) is 16.8. The summed E-state index contributed by atoms with van der Waals surface area (Å²) in [5.41, 5.74) is 2.86. The molecule has 3 nitrogen and oxygen atoms in total. The highest BCUT2D eigenvalue weighted by atomic mass is 127. The van der Waals surface area contributed by atoms with Crippen LogP contribution in [0.25, 0.3) is 0 Å². The Morgan fingerprint density at radius 3 is 2.38 bits per heavy atom. The van der Waals surface area contributed by atoms with E-state index in [0.29, 0.717) is 5.02 Å². The molecule has 0 aliphatic heterocycles. The number of rotatable bonds is 5. The van der Waals surface area contributed by atoms with E-state index < -0.39 is 6.09 Å². The Kier molecular flexibility index (Phi) is 6.52. The standard InChI is InChI=1S/C21H17ClINO2/c22-18-11-9-16(10-12-18)20(17-7-4-8-19(23)13-17)24-21(25)26-14-15-5-2-1-3-6-15/h1-13,20H,14H2,(H,24,25). The van der Waals surface area contributed by atoms with Crippen LogP contribution in [-0.4, -0.2) is 6.09 Å². The van der Waals surface area contributed by atoms with Gasteiger partial charge < -0.3 is 10.1 Å². The first-order valence-corrected chi connectivity index (χ1v) is 9.55. The third-order valence-corrected chi connectivity index (χ3v) is 4.78. The molecule has 0 radical (unpaired) electrons. The van der Waals surface area contributed by atoms with Gasteiger partial charge >= 0.3 is 6.09 Å². The van der Waals surface area contributed by atoms with Crippen molar-refractivity contribution in [2.45, 2.75) is 12.6 Å². The number of hydrogen-bond acceptors (Lipinski definition) is 2. The van der Waals surface area contributed by atoms with Gasteiger partial charge in [-0.1, -0.05) is 66.2 Å².